The summed E-state index contributed by atoms with van der Waals surface area (Å²) < 4.78 is 29.9. The van der Waals surface area contributed by atoms with E-state index in [2.05, 4.69) is 0 Å². The van der Waals surface area contributed by atoms with Gasteiger partial charge in [0, 0.05) is 48.3 Å². The molecule has 5 saturated carbocycles. The van der Waals surface area contributed by atoms with Crippen molar-refractivity contribution >= 4 is 17.9 Å². The topological polar surface area (TPSA) is 205 Å². The number of aliphatic hydroxyl groups excluding tert-OH is 3. The number of aliphatic hydroxyl groups is 5. The molecule has 13 heteroatoms. The molecular weight excluding hydrogens is 604 g/mol. The number of epoxide rings is 2. The molecule has 8 rings (SSSR count). The second-order valence-corrected chi connectivity index (χ2v) is 16.8. The third-order valence-corrected chi connectivity index (χ3v) is 15.1. The quantitative estimate of drug-likeness (QED) is 0.148. The molecule has 46 heavy (non-hydrogen) atoms. The minimum Gasteiger partial charge on any atom is -0.458 e. The zero-order valence-corrected chi connectivity index (χ0v) is 27.4. The number of fused-ring (bicyclic) bond motifs is 9. The molecule has 21 atom stereocenters. The first kappa shape index (κ1) is 31.4. The van der Waals surface area contributed by atoms with E-state index < -0.39 is 123 Å². The lowest BCUT2D eigenvalue weighted by molar-refractivity contribution is -0.295. The highest BCUT2D eigenvalue weighted by atomic mass is 16.8. The first-order valence-electron chi connectivity index (χ1n) is 16.6. The summed E-state index contributed by atoms with van der Waals surface area (Å²) in [6, 6.07) is 0. The molecule has 13 nitrogen and oxygen atoms in total. The molecular formula is C33H46O13. The van der Waals surface area contributed by atoms with Gasteiger partial charge in [0.1, 0.15) is 18.3 Å². The van der Waals surface area contributed by atoms with Crippen LogP contribution >= 0.6 is 0 Å². The van der Waals surface area contributed by atoms with Crippen molar-refractivity contribution in [2.24, 2.45) is 57.7 Å². The van der Waals surface area contributed by atoms with Gasteiger partial charge in [-0.2, -0.15) is 0 Å². The Morgan fingerprint density at radius 2 is 1.52 bits per heavy atom. The van der Waals surface area contributed by atoms with E-state index in [1.54, 1.807) is 13.8 Å². The van der Waals surface area contributed by atoms with Gasteiger partial charge in [-0.25, -0.2) is 4.79 Å². The predicted molar refractivity (Wildman–Crippen MR) is 152 cm³/mol. The van der Waals surface area contributed by atoms with E-state index in [9.17, 15) is 39.9 Å². The molecule has 1 spiro atoms. The van der Waals surface area contributed by atoms with E-state index >= 15 is 0 Å². The van der Waals surface area contributed by atoms with Crippen LogP contribution < -0.4 is 0 Å². The van der Waals surface area contributed by atoms with Gasteiger partial charge >= 0.3 is 17.9 Å². The Bertz CT molecular complexity index is 1430. The molecule has 256 valence electrons. The molecule has 3 heterocycles. The Labute approximate surface area is 266 Å². The minimum atomic E-state index is -2.15. The number of carbonyl (C=O) groups is 3. The van der Waals surface area contributed by atoms with Crippen molar-refractivity contribution in [3.05, 3.63) is 0 Å². The fourth-order valence-electron chi connectivity index (χ4n) is 13.2. The second-order valence-electron chi connectivity index (χ2n) is 16.8. The van der Waals surface area contributed by atoms with E-state index in [-0.39, 0.29) is 17.9 Å². The Balaban J connectivity index is 1.39. The van der Waals surface area contributed by atoms with E-state index in [0.29, 0.717) is 6.42 Å². The van der Waals surface area contributed by atoms with Crippen molar-refractivity contribution in [1.82, 2.24) is 0 Å². The Kier molecular flexibility index (Phi) is 5.90. The molecule has 2 unspecified atom stereocenters. The van der Waals surface area contributed by atoms with Gasteiger partial charge in [-0.3, -0.25) is 9.59 Å². The average Bonchev–Trinajstić information content (AvgIpc) is 3.85. The van der Waals surface area contributed by atoms with Crippen LogP contribution in [-0.4, -0.2) is 109 Å². The van der Waals surface area contributed by atoms with E-state index in [1.165, 1.54) is 27.7 Å². The number of hydrogen-bond acceptors (Lipinski definition) is 13. The van der Waals surface area contributed by atoms with Gasteiger partial charge in [0.25, 0.3) is 5.79 Å². The lowest BCUT2D eigenvalue weighted by Gasteiger charge is -2.67. The monoisotopic (exact) mass is 650 g/mol. The van der Waals surface area contributed by atoms with Crippen LogP contribution in [0.15, 0.2) is 0 Å². The molecule has 3 saturated heterocycles. The molecule has 5 aliphatic carbocycles. The fraction of sp³-hybridized carbons (Fsp3) is 0.909. The lowest BCUT2D eigenvalue weighted by Crippen LogP contribution is -2.74. The fourth-order valence-corrected chi connectivity index (χ4v) is 13.2. The van der Waals surface area contributed by atoms with Crippen molar-refractivity contribution in [2.45, 2.75) is 128 Å². The number of esters is 3. The summed E-state index contributed by atoms with van der Waals surface area (Å²) >= 11 is 0. The van der Waals surface area contributed by atoms with Gasteiger partial charge < -0.3 is 49.2 Å². The molecule has 0 aromatic heterocycles. The summed E-state index contributed by atoms with van der Waals surface area (Å²) in [7, 11) is 0. The lowest BCUT2D eigenvalue weighted by atomic mass is 9.39. The van der Waals surface area contributed by atoms with Gasteiger partial charge in [0.05, 0.1) is 35.4 Å². The Morgan fingerprint density at radius 3 is 2.13 bits per heavy atom. The first-order chi connectivity index (χ1) is 21.2. The summed E-state index contributed by atoms with van der Waals surface area (Å²) in [5, 5.41) is 61.3. The maximum Gasteiger partial charge on any atom is 0.341 e. The summed E-state index contributed by atoms with van der Waals surface area (Å²) in [5.41, 5.74) is -7.96. The van der Waals surface area contributed by atoms with Gasteiger partial charge in [-0.1, -0.05) is 20.8 Å². The predicted octanol–water partition coefficient (Wildman–Crippen LogP) is -0.336. The van der Waals surface area contributed by atoms with Gasteiger partial charge in [-0.15, -0.1) is 0 Å². The average molecular weight is 651 g/mol. The smallest absolute Gasteiger partial charge is 0.341 e. The standard InChI is InChI=1S/C33H46O13/c1-10-13-9-14-21(44-14)24(38)28(13,4)17-15(19(10)36)16-20(37)18-23(29(16,5)25(43-12(3)35)22(17)42-11(2)34)30(6,40)26-33(45-26)31(18,7)32(8,41)27(39)46-33/h10,13-26,36-38,40-41H,9H2,1-8H3/t10-,13+,14-,15?,16+,17?,18+,19-,20+,21-,22-,23-,24-,25-,26+,28-,29-,30-,31-,32+,33-/m0/s1. The van der Waals surface area contributed by atoms with Crippen molar-refractivity contribution < 1.29 is 63.6 Å². The van der Waals surface area contributed by atoms with Crippen LogP contribution in [0.5, 0.6) is 0 Å². The third kappa shape index (κ3) is 3.08. The second kappa shape index (κ2) is 8.64. The number of carbonyl (C=O) groups excluding carboxylic acids is 3. The maximum atomic E-state index is 13.3. The number of rotatable bonds is 2. The Hall–Kier alpha value is -1.87. The van der Waals surface area contributed by atoms with Crippen molar-refractivity contribution in [2.75, 3.05) is 0 Å². The van der Waals surface area contributed by atoms with Crippen LogP contribution in [0, 0.1) is 57.7 Å². The summed E-state index contributed by atoms with van der Waals surface area (Å²) in [4.78, 5) is 39.1. The van der Waals surface area contributed by atoms with E-state index in [4.69, 9.17) is 23.7 Å². The Morgan fingerprint density at radius 1 is 0.891 bits per heavy atom. The highest BCUT2D eigenvalue weighted by Crippen LogP contribution is 2.81. The number of ether oxygens (including phenoxy) is 5. The molecule has 8 fully saturated rings. The molecule has 0 amide bonds. The molecule has 5 N–H and O–H groups in total. The molecule has 0 aromatic carbocycles. The van der Waals surface area contributed by atoms with Crippen LogP contribution in [0.3, 0.4) is 0 Å². The van der Waals surface area contributed by atoms with Gasteiger partial charge in [0.15, 0.2) is 11.7 Å². The number of hydrogen-bond donors (Lipinski definition) is 5. The maximum absolute atomic E-state index is 13.3. The summed E-state index contributed by atoms with van der Waals surface area (Å²) in [6.45, 7) is 12.5. The van der Waals surface area contributed by atoms with Crippen molar-refractivity contribution in [1.29, 1.82) is 0 Å². The van der Waals surface area contributed by atoms with Crippen LogP contribution in [-0.2, 0) is 38.1 Å². The van der Waals surface area contributed by atoms with Crippen molar-refractivity contribution in [3.63, 3.8) is 0 Å². The summed E-state index contributed by atoms with van der Waals surface area (Å²) in [5.74, 6) is -9.34. The molecule has 0 bridgehead atoms. The highest BCUT2D eigenvalue weighted by Gasteiger charge is 2.95. The zero-order chi connectivity index (χ0) is 33.6. The van der Waals surface area contributed by atoms with Crippen LogP contribution in [0.2, 0.25) is 0 Å². The van der Waals surface area contributed by atoms with Crippen LogP contribution in [0.4, 0.5) is 0 Å². The van der Waals surface area contributed by atoms with Gasteiger partial charge in [0.2, 0.25) is 0 Å². The van der Waals surface area contributed by atoms with E-state index in [1.807, 2.05) is 13.8 Å². The zero-order valence-electron chi connectivity index (χ0n) is 27.4. The highest BCUT2D eigenvalue weighted by molar-refractivity contribution is 5.84. The van der Waals surface area contributed by atoms with Crippen LogP contribution in [0.1, 0.15) is 61.8 Å². The van der Waals surface area contributed by atoms with Crippen molar-refractivity contribution in [3.8, 4) is 0 Å². The minimum absolute atomic E-state index is 0.162. The summed E-state index contributed by atoms with van der Waals surface area (Å²) in [6.07, 6.45) is -7.07. The molecule has 0 radical (unpaired) electrons. The van der Waals surface area contributed by atoms with Crippen LogP contribution in [0.25, 0.3) is 0 Å². The molecule has 0 aromatic rings. The first-order valence-corrected chi connectivity index (χ1v) is 16.6. The van der Waals surface area contributed by atoms with Gasteiger partial charge in [-0.05, 0) is 44.9 Å². The normalized spacial score (nSPS) is 65.1. The SMILES string of the molecule is CC(=O)O[C@H]1C2C([C@@H](O)[C@@H](C)[C@H]3C[C@@H]4O[C@@H]4[C@H](O)[C@]23C)[C@@H]2[C@@H](O)[C@@H]3[C@H]([C@](C)(O)[C@H]4O[C@]45OC(=O)[C@@](C)(O)[C@]35C)[C@@]2(C)[C@H]1OC(C)=O. The third-order valence-electron chi connectivity index (χ3n) is 15.1. The molecule has 3 aliphatic heterocycles. The largest absolute Gasteiger partial charge is 0.458 e. The molecule has 8 aliphatic rings. The van der Waals surface area contributed by atoms with E-state index in [0.717, 1.165) is 0 Å².